The van der Waals surface area contributed by atoms with Crippen LogP contribution < -0.4 is 9.47 Å². The SMILES string of the molecule is C=C(CS)COc1ccc(OC)cc1. The summed E-state index contributed by atoms with van der Waals surface area (Å²) in [5.41, 5.74) is 0.962. The van der Waals surface area contributed by atoms with E-state index in [1.54, 1.807) is 7.11 Å². The minimum Gasteiger partial charge on any atom is -0.497 e. The zero-order chi connectivity index (χ0) is 10.4. The maximum absolute atomic E-state index is 5.45. The van der Waals surface area contributed by atoms with Crippen molar-refractivity contribution in [1.29, 1.82) is 0 Å². The summed E-state index contributed by atoms with van der Waals surface area (Å²) < 4.78 is 10.5. The third kappa shape index (κ3) is 3.34. The Bertz CT molecular complexity index is 293. The Morgan fingerprint density at radius 1 is 1.29 bits per heavy atom. The molecule has 0 aliphatic rings. The van der Waals surface area contributed by atoms with E-state index in [-0.39, 0.29) is 0 Å². The van der Waals surface area contributed by atoms with Crippen molar-refractivity contribution in [2.45, 2.75) is 0 Å². The Kier molecular flexibility index (Phi) is 4.40. The summed E-state index contributed by atoms with van der Waals surface area (Å²) in [6.45, 7) is 4.31. The number of ether oxygens (including phenoxy) is 2. The van der Waals surface area contributed by atoms with Crippen LogP contribution in [0.1, 0.15) is 0 Å². The van der Waals surface area contributed by atoms with Crippen LogP contribution >= 0.6 is 12.6 Å². The molecule has 0 unspecified atom stereocenters. The fourth-order valence-corrected chi connectivity index (χ4v) is 0.994. The van der Waals surface area contributed by atoms with E-state index in [9.17, 15) is 0 Å². The average Bonchev–Trinajstić information content (AvgIpc) is 2.26. The zero-order valence-corrected chi connectivity index (χ0v) is 9.09. The monoisotopic (exact) mass is 210 g/mol. The summed E-state index contributed by atoms with van der Waals surface area (Å²) in [7, 11) is 1.64. The number of methoxy groups -OCH3 is 1. The van der Waals surface area contributed by atoms with Crippen LogP contribution in [0.15, 0.2) is 36.4 Å². The second-order valence-corrected chi connectivity index (χ2v) is 3.19. The summed E-state index contributed by atoms with van der Waals surface area (Å²) in [4.78, 5) is 0. The van der Waals surface area contributed by atoms with Gasteiger partial charge in [-0.15, -0.1) is 0 Å². The number of thiol groups is 1. The normalized spacial score (nSPS) is 9.57. The van der Waals surface area contributed by atoms with Crippen molar-refractivity contribution in [2.24, 2.45) is 0 Å². The van der Waals surface area contributed by atoms with Crippen molar-refractivity contribution in [3.8, 4) is 11.5 Å². The largest absolute Gasteiger partial charge is 0.497 e. The molecule has 1 rings (SSSR count). The average molecular weight is 210 g/mol. The number of benzene rings is 1. The van der Waals surface area contributed by atoms with E-state index < -0.39 is 0 Å². The second-order valence-electron chi connectivity index (χ2n) is 2.87. The van der Waals surface area contributed by atoms with E-state index in [1.165, 1.54) is 0 Å². The molecule has 0 atom stereocenters. The molecule has 0 saturated carbocycles. The van der Waals surface area contributed by atoms with Gasteiger partial charge in [0.25, 0.3) is 0 Å². The van der Waals surface area contributed by atoms with Crippen molar-refractivity contribution >= 4 is 12.6 Å². The molecule has 1 aromatic rings. The van der Waals surface area contributed by atoms with Crippen LogP contribution in [0.2, 0.25) is 0 Å². The summed E-state index contributed by atoms with van der Waals surface area (Å²) in [5, 5.41) is 0. The Labute approximate surface area is 89.9 Å². The first-order chi connectivity index (χ1) is 6.76. The molecule has 1 aromatic carbocycles. The van der Waals surface area contributed by atoms with Crippen molar-refractivity contribution in [1.82, 2.24) is 0 Å². The minimum absolute atomic E-state index is 0.510. The third-order valence-electron chi connectivity index (χ3n) is 1.73. The molecule has 0 radical (unpaired) electrons. The van der Waals surface area contributed by atoms with E-state index in [4.69, 9.17) is 9.47 Å². The molecule has 2 nitrogen and oxygen atoms in total. The topological polar surface area (TPSA) is 18.5 Å². The van der Waals surface area contributed by atoms with Gasteiger partial charge in [-0.25, -0.2) is 0 Å². The number of rotatable bonds is 5. The van der Waals surface area contributed by atoms with Gasteiger partial charge in [-0.3, -0.25) is 0 Å². The van der Waals surface area contributed by atoms with Gasteiger partial charge < -0.3 is 9.47 Å². The molecular formula is C11H14O2S. The highest BCUT2D eigenvalue weighted by Gasteiger charge is 1.96. The lowest BCUT2D eigenvalue weighted by atomic mass is 10.3. The molecule has 0 aliphatic heterocycles. The van der Waals surface area contributed by atoms with E-state index in [0.29, 0.717) is 12.4 Å². The van der Waals surface area contributed by atoms with Gasteiger partial charge in [0.15, 0.2) is 0 Å². The van der Waals surface area contributed by atoms with Crippen molar-refractivity contribution in [3.05, 3.63) is 36.4 Å². The smallest absolute Gasteiger partial charge is 0.120 e. The minimum atomic E-state index is 0.510. The molecule has 0 aromatic heterocycles. The van der Waals surface area contributed by atoms with E-state index in [0.717, 1.165) is 17.1 Å². The highest BCUT2D eigenvalue weighted by Crippen LogP contribution is 2.17. The van der Waals surface area contributed by atoms with E-state index in [2.05, 4.69) is 19.2 Å². The molecule has 3 heteroatoms. The van der Waals surface area contributed by atoms with Gasteiger partial charge in [0.05, 0.1) is 7.11 Å². The molecule has 0 bridgehead atoms. The Morgan fingerprint density at radius 2 is 1.86 bits per heavy atom. The highest BCUT2D eigenvalue weighted by molar-refractivity contribution is 7.80. The number of hydrogen-bond acceptors (Lipinski definition) is 3. The molecule has 0 saturated heterocycles. The molecule has 0 fully saturated rings. The van der Waals surface area contributed by atoms with Crippen LogP contribution in [0.25, 0.3) is 0 Å². The van der Waals surface area contributed by atoms with Crippen LogP contribution in [0.4, 0.5) is 0 Å². The summed E-state index contributed by atoms with van der Waals surface area (Å²) in [6.07, 6.45) is 0. The predicted octanol–water partition coefficient (Wildman–Crippen LogP) is 2.56. The van der Waals surface area contributed by atoms with Gasteiger partial charge >= 0.3 is 0 Å². The van der Waals surface area contributed by atoms with Crippen LogP contribution in [-0.2, 0) is 0 Å². The molecule has 14 heavy (non-hydrogen) atoms. The Balaban J connectivity index is 2.47. The van der Waals surface area contributed by atoms with Crippen LogP contribution in [0.3, 0.4) is 0 Å². The molecule has 76 valence electrons. The van der Waals surface area contributed by atoms with Crippen molar-refractivity contribution in [2.75, 3.05) is 19.5 Å². The molecule has 0 heterocycles. The van der Waals surface area contributed by atoms with Gasteiger partial charge in [-0.05, 0) is 29.8 Å². The third-order valence-corrected chi connectivity index (χ3v) is 2.17. The Hall–Kier alpha value is -1.09. The number of hydrogen-bond donors (Lipinski definition) is 1. The summed E-state index contributed by atoms with van der Waals surface area (Å²) in [5.74, 6) is 2.29. The predicted molar refractivity (Wildman–Crippen MR) is 61.5 cm³/mol. The van der Waals surface area contributed by atoms with E-state index >= 15 is 0 Å². The maximum Gasteiger partial charge on any atom is 0.120 e. The van der Waals surface area contributed by atoms with Crippen LogP contribution in [0.5, 0.6) is 11.5 Å². The first-order valence-corrected chi connectivity index (χ1v) is 4.94. The van der Waals surface area contributed by atoms with Crippen LogP contribution in [0, 0.1) is 0 Å². The van der Waals surface area contributed by atoms with Gasteiger partial charge in [0.1, 0.15) is 18.1 Å². The van der Waals surface area contributed by atoms with Gasteiger partial charge in [0, 0.05) is 5.75 Å². The zero-order valence-electron chi connectivity index (χ0n) is 8.19. The second kappa shape index (κ2) is 5.60. The molecule has 0 N–H and O–H groups in total. The summed E-state index contributed by atoms with van der Waals surface area (Å²) >= 11 is 4.09. The van der Waals surface area contributed by atoms with Gasteiger partial charge in [-0.1, -0.05) is 6.58 Å². The van der Waals surface area contributed by atoms with E-state index in [1.807, 2.05) is 24.3 Å². The standard InChI is InChI=1S/C11H14O2S/c1-9(8-14)7-13-11-5-3-10(12-2)4-6-11/h3-6,14H,1,7-8H2,2H3. The van der Waals surface area contributed by atoms with Gasteiger partial charge in [0.2, 0.25) is 0 Å². The first kappa shape index (κ1) is 11.0. The lowest BCUT2D eigenvalue weighted by molar-refractivity contribution is 0.351. The van der Waals surface area contributed by atoms with Crippen molar-refractivity contribution in [3.63, 3.8) is 0 Å². The molecular weight excluding hydrogens is 196 g/mol. The maximum atomic E-state index is 5.45. The molecule has 0 aliphatic carbocycles. The molecule has 0 amide bonds. The van der Waals surface area contributed by atoms with Gasteiger partial charge in [-0.2, -0.15) is 12.6 Å². The quantitative estimate of drug-likeness (QED) is 0.595. The first-order valence-electron chi connectivity index (χ1n) is 4.30. The lowest BCUT2D eigenvalue weighted by Crippen LogP contribution is -2.00. The fourth-order valence-electron chi connectivity index (χ4n) is 0.903. The fraction of sp³-hybridized carbons (Fsp3) is 0.273. The van der Waals surface area contributed by atoms with Crippen molar-refractivity contribution < 1.29 is 9.47 Å². The molecule has 0 spiro atoms. The lowest BCUT2D eigenvalue weighted by Gasteiger charge is -2.07. The van der Waals surface area contributed by atoms with Crippen LogP contribution in [-0.4, -0.2) is 19.5 Å². The highest BCUT2D eigenvalue weighted by atomic mass is 32.1. The summed E-state index contributed by atoms with van der Waals surface area (Å²) in [6, 6.07) is 7.45. The Morgan fingerprint density at radius 3 is 2.36 bits per heavy atom.